The highest BCUT2D eigenvalue weighted by molar-refractivity contribution is 9.10. The highest BCUT2D eigenvalue weighted by Gasteiger charge is 2.21. The summed E-state index contributed by atoms with van der Waals surface area (Å²) >= 11 is 3.45. The van der Waals surface area contributed by atoms with Gasteiger partial charge < -0.3 is 5.32 Å². The van der Waals surface area contributed by atoms with Crippen molar-refractivity contribution in [1.29, 1.82) is 0 Å². The van der Waals surface area contributed by atoms with Gasteiger partial charge in [-0.1, -0.05) is 22.0 Å². The molecule has 1 amide bonds. The monoisotopic (exact) mass is 253 g/mol. The summed E-state index contributed by atoms with van der Waals surface area (Å²) < 4.78 is 1.08. The van der Waals surface area contributed by atoms with Crippen LogP contribution < -0.4 is 5.32 Å². The molecule has 74 valence electrons. The highest BCUT2D eigenvalue weighted by atomic mass is 79.9. The Morgan fingerprint density at radius 3 is 3.07 bits per heavy atom. The smallest absolute Gasteiger partial charge is 0.227 e. The molecule has 0 aliphatic carbocycles. The predicted molar refractivity (Wildman–Crippen MR) is 59.3 cm³/mol. The van der Waals surface area contributed by atoms with Crippen LogP contribution in [0.4, 0.5) is 0 Å². The Morgan fingerprint density at radius 2 is 2.29 bits per heavy atom. The fraction of sp³-hybridized carbons (Fsp3) is 0.364. The minimum Gasteiger partial charge on any atom is -0.355 e. The average Bonchev–Trinajstić information content (AvgIpc) is 2.28. The van der Waals surface area contributed by atoms with E-state index in [-0.39, 0.29) is 11.8 Å². The summed E-state index contributed by atoms with van der Waals surface area (Å²) in [5.74, 6) is 0.103. The van der Waals surface area contributed by atoms with E-state index in [1.807, 2.05) is 19.1 Å². The quantitative estimate of drug-likeness (QED) is 0.755. The Kier molecular flexibility index (Phi) is 2.59. The lowest BCUT2D eigenvalue weighted by Crippen LogP contribution is -2.26. The molecular formula is C11H12BrNO. The Morgan fingerprint density at radius 1 is 1.50 bits per heavy atom. The summed E-state index contributed by atoms with van der Waals surface area (Å²) in [6, 6.07) is 6.13. The molecule has 0 fully saturated rings. The maximum Gasteiger partial charge on any atom is 0.227 e. The van der Waals surface area contributed by atoms with E-state index < -0.39 is 0 Å². The lowest BCUT2D eigenvalue weighted by atomic mass is 9.95. The van der Waals surface area contributed by atoms with Crippen LogP contribution in [0.2, 0.25) is 0 Å². The van der Waals surface area contributed by atoms with Crippen molar-refractivity contribution in [2.45, 2.75) is 19.3 Å². The molecule has 1 N–H and O–H groups in total. The summed E-state index contributed by atoms with van der Waals surface area (Å²) in [5, 5.41) is 2.91. The van der Waals surface area contributed by atoms with Crippen molar-refractivity contribution >= 4 is 21.8 Å². The molecule has 0 bridgehead atoms. The van der Waals surface area contributed by atoms with Crippen LogP contribution in [-0.2, 0) is 11.2 Å². The highest BCUT2D eigenvalue weighted by Crippen LogP contribution is 2.25. The first-order chi connectivity index (χ1) is 6.68. The molecule has 1 atom stereocenters. The number of carbonyl (C=O) groups excluding carboxylic acids is 1. The standard InChI is InChI=1S/C11H12BrNO/c1-7-10-3-2-9(12)6-8(10)4-5-13-11(7)14/h2-3,6-7H,4-5H2,1H3,(H,13,14)/t7-/m0/s1. The SMILES string of the molecule is C[C@@H]1C(=O)NCCc2cc(Br)ccc21. The van der Waals surface area contributed by atoms with Gasteiger partial charge in [0, 0.05) is 11.0 Å². The fourth-order valence-electron chi connectivity index (χ4n) is 1.83. The third-order valence-electron chi connectivity index (χ3n) is 2.66. The number of carbonyl (C=O) groups is 1. The second-order valence-corrected chi connectivity index (χ2v) is 4.52. The Balaban J connectivity index is 2.48. The third kappa shape index (κ3) is 1.69. The van der Waals surface area contributed by atoms with E-state index >= 15 is 0 Å². The first-order valence-corrected chi connectivity index (χ1v) is 5.54. The third-order valence-corrected chi connectivity index (χ3v) is 3.15. The number of benzene rings is 1. The van der Waals surface area contributed by atoms with E-state index in [0.717, 1.165) is 23.0 Å². The van der Waals surface area contributed by atoms with Gasteiger partial charge in [-0.3, -0.25) is 4.79 Å². The van der Waals surface area contributed by atoms with Gasteiger partial charge in [-0.2, -0.15) is 0 Å². The topological polar surface area (TPSA) is 29.1 Å². The van der Waals surface area contributed by atoms with Gasteiger partial charge >= 0.3 is 0 Å². The molecule has 2 nitrogen and oxygen atoms in total. The second-order valence-electron chi connectivity index (χ2n) is 3.61. The molecule has 0 spiro atoms. The number of rotatable bonds is 0. The van der Waals surface area contributed by atoms with Gasteiger partial charge in [0.15, 0.2) is 0 Å². The number of hydrogen-bond acceptors (Lipinski definition) is 1. The van der Waals surface area contributed by atoms with Gasteiger partial charge in [-0.25, -0.2) is 0 Å². The van der Waals surface area contributed by atoms with Gasteiger partial charge in [-0.15, -0.1) is 0 Å². The zero-order chi connectivity index (χ0) is 10.1. The van der Waals surface area contributed by atoms with E-state index in [1.165, 1.54) is 5.56 Å². The molecule has 1 aromatic rings. The molecule has 1 heterocycles. The summed E-state index contributed by atoms with van der Waals surface area (Å²) in [6.07, 6.45) is 0.921. The maximum absolute atomic E-state index is 11.5. The predicted octanol–water partition coefficient (Wildman–Crippen LogP) is 2.22. The number of fused-ring (bicyclic) bond motifs is 1. The summed E-state index contributed by atoms with van der Waals surface area (Å²) in [4.78, 5) is 11.5. The molecule has 1 aromatic carbocycles. The molecule has 0 saturated carbocycles. The molecule has 1 aliphatic heterocycles. The van der Waals surface area contributed by atoms with Crippen LogP contribution >= 0.6 is 15.9 Å². The molecule has 3 heteroatoms. The largest absolute Gasteiger partial charge is 0.355 e. The van der Waals surface area contributed by atoms with E-state index in [1.54, 1.807) is 0 Å². The molecule has 0 radical (unpaired) electrons. The number of halogens is 1. The van der Waals surface area contributed by atoms with Gasteiger partial charge in [0.05, 0.1) is 5.92 Å². The van der Waals surface area contributed by atoms with E-state index in [0.29, 0.717) is 0 Å². The molecule has 0 aromatic heterocycles. The minimum atomic E-state index is -0.0272. The van der Waals surface area contributed by atoms with Crippen LogP contribution in [0.15, 0.2) is 22.7 Å². The first-order valence-electron chi connectivity index (χ1n) is 4.74. The van der Waals surface area contributed by atoms with Crippen LogP contribution in [0.5, 0.6) is 0 Å². The van der Waals surface area contributed by atoms with Crippen molar-refractivity contribution in [3.8, 4) is 0 Å². The summed E-state index contributed by atoms with van der Waals surface area (Å²) in [5.41, 5.74) is 2.42. The van der Waals surface area contributed by atoms with Crippen molar-refractivity contribution in [3.05, 3.63) is 33.8 Å². The van der Waals surface area contributed by atoms with E-state index in [2.05, 4.69) is 27.3 Å². The number of hydrogen-bond donors (Lipinski definition) is 1. The Hall–Kier alpha value is -0.830. The zero-order valence-electron chi connectivity index (χ0n) is 8.01. The normalized spacial score (nSPS) is 21.0. The Labute approximate surface area is 91.8 Å². The van der Waals surface area contributed by atoms with Gasteiger partial charge in [0.2, 0.25) is 5.91 Å². The first kappa shape index (κ1) is 9.71. The zero-order valence-corrected chi connectivity index (χ0v) is 9.60. The van der Waals surface area contributed by atoms with Crippen molar-refractivity contribution < 1.29 is 4.79 Å². The number of amides is 1. The Bertz CT molecular complexity index is 376. The summed E-state index contributed by atoms with van der Waals surface area (Å²) in [6.45, 7) is 2.69. The average molecular weight is 254 g/mol. The van der Waals surface area contributed by atoms with Gasteiger partial charge in [0.1, 0.15) is 0 Å². The molecule has 14 heavy (non-hydrogen) atoms. The van der Waals surface area contributed by atoms with Crippen molar-refractivity contribution in [3.63, 3.8) is 0 Å². The fourth-order valence-corrected chi connectivity index (χ4v) is 2.24. The van der Waals surface area contributed by atoms with Gasteiger partial charge in [-0.05, 0) is 36.6 Å². The molecule has 1 aliphatic rings. The van der Waals surface area contributed by atoms with E-state index in [9.17, 15) is 4.79 Å². The van der Waals surface area contributed by atoms with Crippen LogP contribution in [0.1, 0.15) is 24.0 Å². The molecular weight excluding hydrogens is 242 g/mol. The van der Waals surface area contributed by atoms with E-state index in [4.69, 9.17) is 0 Å². The van der Waals surface area contributed by atoms with Crippen LogP contribution in [0.3, 0.4) is 0 Å². The van der Waals surface area contributed by atoms with Crippen molar-refractivity contribution in [2.24, 2.45) is 0 Å². The van der Waals surface area contributed by atoms with Crippen molar-refractivity contribution in [2.75, 3.05) is 6.54 Å². The molecule has 0 saturated heterocycles. The van der Waals surface area contributed by atoms with Crippen LogP contribution in [-0.4, -0.2) is 12.5 Å². The molecule has 0 unspecified atom stereocenters. The van der Waals surface area contributed by atoms with Crippen LogP contribution in [0, 0.1) is 0 Å². The lowest BCUT2D eigenvalue weighted by molar-refractivity contribution is -0.121. The van der Waals surface area contributed by atoms with Crippen molar-refractivity contribution in [1.82, 2.24) is 5.32 Å². The number of nitrogens with one attached hydrogen (secondary N) is 1. The lowest BCUT2D eigenvalue weighted by Gasteiger charge is -2.10. The summed E-state index contributed by atoms with van der Waals surface area (Å²) in [7, 11) is 0. The molecule has 2 rings (SSSR count). The van der Waals surface area contributed by atoms with Gasteiger partial charge in [0.25, 0.3) is 0 Å². The maximum atomic E-state index is 11.5. The second kappa shape index (κ2) is 3.73. The van der Waals surface area contributed by atoms with Crippen LogP contribution in [0.25, 0.3) is 0 Å². The minimum absolute atomic E-state index is 0.0272.